The third-order valence-electron chi connectivity index (χ3n) is 2.72. The standard InChI is InChI=1S/C13H11ClN2S2/c1-8-4-5-17-12(8)7-15-13-16-10-6-9(14)2-3-11(10)18-13/h2-6H,7H2,1H3,(H,15,16). The van der Waals surface area contributed by atoms with E-state index in [-0.39, 0.29) is 0 Å². The van der Waals surface area contributed by atoms with Gasteiger partial charge >= 0.3 is 0 Å². The van der Waals surface area contributed by atoms with Crippen molar-refractivity contribution in [3.63, 3.8) is 0 Å². The number of halogens is 1. The predicted molar refractivity (Wildman–Crippen MR) is 81.0 cm³/mol. The molecule has 0 amide bonds. The maximum Gasteiger partial charge on any atom is 0.184 e. The molecule has 18 heavy (non-hydrogen) atoms. The molecule has 1 N–H and O–H groups in total. The van der Waals surface area contributed by atoms with E-state index >= 15 is 0 Å². The van der Waals surface area contributed by atoms with Crippen molar-refractivity contribution in [3.05, 3.63) is 45.1 Å². The molecule has 0 atom stereocenters. The summed E-state index contributed by atoms with van der Waals surface area (Å²) < 4.78 is 1.16. The number of rotatable bonds is 3. The Balaban J connectivity index is 1.81. The fourth-order valence-corrected chi connectivity index (χ4v) is 3.57. The molecule has 0 unspecified atom stereocenters. The van der Waals surface area contributed by atoms with Crippen LogP contribution in [-0.2, 0) is 6.54 Å². The first-order valence-corrected chi connectivity index (χ1v) is 7.63. The van der Waals surface area contributed by atoms with Gasteiger partial charge in [-0.25, -0.2) is 4.98 Å². The first-order valence-electron chi connectivity index (χ1n) is 5.55. The minimum atomic E-state index is 0.730. The summed E-state index contributed by atoms with van der Waals surface area (Å²) in [5, 5.41) is 7.16. The van der Waals surface area contributed by atoms with Gasteiger partial charge in [-0.2, -0.15) is 0 Å². The lowest BCUT2D eigenvalue weighted by molar-refractivity contribution is 1.16. The summed E-state index contributed by atoms with van der Waals surface area (Å²) in [6, 6.07) is 7.95. The van der Waals surface area contributed by atoms with Gasteiger partial charge in [0.05, 0.1) is 16.8 Å². The van der Waals surface area contributed by atoms with Crippen molar-refractivity contribution in [2.45, 2.75) is 13.5 Å². The minimum Gasteiger partial charge on any atom is -0.357 e. The van der Waals surface area contributed by atoms with Crippen LogP contribution in [0.25, 0.3) is 10.2 Å². The van der Waals surface area contributed by atoms with Crippen molar-refractivity contribution in [2.24, 2.45) is 0 Å². The fourth-order valence-electron chi connectivity index (χ4n) is 1.72. The largest absolute Gasteiger partial charge is 0.357 e. The molecule has 0 saturated carbocycles. The van der Waals surface area contributed by atoms with Gasteiger partial charge in [-0.3, -0.25) is 0 Å². The summed E-state index contributed by atoms with van der Waals surface area (Å²) in [6.07, 6.45) is 0. The van der Waals surface area contributed by atoms with Crippen molar-refractivity contribution in [2.75, 3.05) is 5.32 Å². The van der Waals surface area contributed by atoms with Gasteiger partial charge in [0.15, 0.2) is 5.13 Å². The van der Waals surface area contributed by atoms with Gasteiger partial charge in [0.2, 0.25) is 0 Å². The normalized spacial score (nSPS) is 11.0. The Bertz CT molecular complexity index is 687. The molecule has 2 heterocycles. The smallest absolute Gasteiger partial charge is 0.184 e. The molecular formula is C13H11ClN2S2. The highest BCUT2D eigenvalue weighted by atomic mass is 35.5. The van der Waals surface area contributed by atoms with Crippen LogP contribution >= 0.6 is 34.3 Å². The molecule has 0 aliphatic carbocycles. The Hall–Kier alpha value is -1.10. The van der Waals surface area contributed by atoms with E-state index in [4.69, 9.17) is 11.6 Å². The van der Waals surface area contributed by atoms with Crippen molar-refractivity contribution in [1.29, 1.82) is 0 Å². The molecule has 0 aliphatic heterocycles. The average Bonchev–Trinajstić information content (AvgIpc) is 2.92. The van der Waals surface area contributed by atoms with Crippen LogP contribution in [0.1, 0.15) is 10.4 Å². The Morgan fingerprint density at radius 2 is 2.22 bits per heavy atom. The Morgan fingerprint density at radius 3 is 3.00 bits per heavy atom. The lowest BCUT2D eigenvalue weighted by Crippen LogP contribution is -1.97. The highest BCUT2D eigenvalue weighted by molar-refractivity contribution is 7.22. The number of hydrogen-bond donors (Lipinski definition) is 1. The van der Waals surface area contributed by atoms with Crippen molar-refractivity contribution in [3.8, 4) is 0 Å². The first-order chi connectivity index (χ1) is 8.72. The van der Waals surface area contributed by atoms with Crippen LogP contribution in [-0.4, -0.2) is 4.98 Å². The maximum atomic E-state index is 5.95. The predicted octanol–water partition coefficient (Wildman–Crippen LogP) is 4.93. The molecule has 0 saturated heterocycles. The molecule has 0 fully saturated rings. The third-order valence-corrected chi connectivity index (χ3v) is 4.97. The zero-order valence-corrected chi connectivity index (χ0v) is 12.1. The van der Waals surface area contributed by atoms with Gasteiger partial charge < -0.3 is 5.32 Å². The summed E-state index contributed by atoms with van der Waals surface area (Å²) >= 11 is 9.38. The number of aromatic nitrogens is 1. The molecule has 0 bridgehead atoms. The number of aryl methyl sites for hydroxylation is 1. The number of nitrogens with one attached hydrogen (secondary N) is 1. The molecular weight excluding hydrogens is 284 g/mol. The zero-order valence-electron chi connectivity index (χ0n) is 9.74. The summed E-state index contributed by atoms with van der Waals surface area (Å²) in [6.45, 7) is 2.96. The van der Waals surface area contributed by atoms with E-state index < -0.39 is 0 Å². The van der Waals surface area contributed by atoms with E-state index in [1.54, 1.807) is 22.7 Å². The van der Waals surface area contributed by atoms with Crippen LogP contribution in [0.3, 0.4) is 0 Å². The molecule has 2 nitrogen and oxygen atoms in total. The van der Waals surface area contributed by atoms with E-state index in [9.17, 15) is 0 Å². The number of hydrogen-bond acceptors (Lipinski definition) is 4. The van der Waals surface area contributed by atoms with E-state index in [2.05, 4.69) is 28.7 Å². The Morgan fingerprint density at radius 1 is 1.33 bits per heavy atom. The van der Waals surface area contributed by atoms with Gasteiger partial charge in [0, 0.05) is 9.90 Å². The number of anilines is 1. The zero-order chi connectivity index (χ0) is 12.5. The van der Waals surface area contributed by atoms with Crippen molar-refractivity contribution < 1.29 is 0 Å². The molecule has 5 heteroatoms. The summed E-state index contributed by atoms with van der Waals surface area (Å²) in [5.41, 5.74) is 2.29. The minimum absolute atomic E-state index is 0.730. The maximum absolute atomic E-state index is 5.95. The lowest BCUT2D eigenvalue weighted by Gasteiger charge is -2.00. The monoisotopic (exact) mass is 294 g/mol. The highest BCUT2D eigenvalue weighted by Gasteiger charge is 2.05. The first kappa shape index (κ1) is 12.0. The van der Waals surface area contributed by atoms with Gasteiger partial charge in [-0.05, 0) is 42.1 Å². The summed E-state index contributed by atoms with van der Waals surface area (Å²) in [5.74, 6) is 0. The second kappa shape index (κ2) is 4.88. The van der Waals surface area contributed by atoms with Gasteiger partial charge in [0.1, 0.15) is 0 Å². The number of thiazole rings is 1. The SMILES string of the molecule is Cc1ccsc1CNc1nc2cc(Cl)ccc2s1. The second-order valence-electron chi connectivity index (χ2n) is 4.01. The molecule has 3 rings (SSSR count). The van der Waals surface area contributed by atoms with Gasteiger partial charge in [-0.1, -0.05) is 22.9 Å². The fraction of sp³-hybridized carbons (Fsp3) is 0.154. The van der Waals surface area contributed by atoms with E-state index in [1.807, 2.05) is 18.2 Å². The van der Waals surface area contributed by atoms with E-state index in [0.29, 0.717) is 0 Å². The summed E-state index contributed by atoms with van der Waals surface area (Å²) in [4.78, 5) is 5.88. The third kappa shape index (κ3) is 2.36. The average molecular weight is 295 g/mol. The van der Waals surface area contributed by atoms with Crippen LogP contribution in [0.5, 0.6) is 0 Å². The lowest BCUT2D eigenvalue weighted by atomic mass is 10.3. The topological polar surface area (TPSA) is 24.9 Å². The number of benzene rings is 1. The van der Waals surface area contributed by atoms with Crippen molar-refractivity contribution in [1.82, 2.24) is 4.98 Å². The van der Waals surface area contributed by atoms with E-state index in [1.165, 1.54) is 10.4 Å². The Kier molecular flexibility index (Phi) is 3.24. The summed E-state index contributed by atoms with van der Waals surface area (Å²) in [7, 11) is 0. The number of fused-ring (bicyclic) bond motifs is 1. The quantitative estimate of drug-likeness (QED) is 0.741. The Labute approximate surface area is 118 Å². The second-order valence-corrected chi connectivity index (χ2v) is 6.48. The number of thiophene rings is 1. The van der Waals surface area contributed by atoms with Gasteiger partial charge in [-0.15, -0.1) is 11.3 Å². The van der Waals surface area contributed by atoms with Crippen molar-refractivity contribution >= 4 is 49.6 Å². The van der Waals surface area contributed by atoms with Crippen LogP contribution < -0.4 is 5.32 Å². The van der Waals surface area contributed by atoms with E-state index in [0.717, 1.165) is 26.9 Å². The highest BCUT2D eigenvalue weighted by Crippen LogP contribution is 2.28. The van der Waals surface area contributed by atoms with Gasteiger partial charge in [0.25, 0.3) is 0 Å². The molecule has 2 aromatic heterocycles. The molecule has 0 radical (unpaired) electrons. The van der Waals surface area contributed by atoms with Crippen LogP contribution in [0.2, 0.25) is 5.02 Å². The molecule has 92 valence electrons. The molecule has 0 spiro atoms. The van der Waals surface area contributed by atoms with Crippen LogP contribution in [0.4, 0.5) is 5.13 Å². The molecule has 3 aromatic rings. The number of nitrogens with zero attached hydrogens (tertiary/aromatic N) is 1. The molecule has 0 aliphatic rings. The molecule has 1 aromatic carbocycles. The van der Waals surface area contributed by atoms with Crippen LogP contribution in [0, 0.1) is 6.92 Å². The van der Waals surface area contributed by atoms with Crippen LogP contribution in [0.15, 0.2) is 29.6 Å².